The van der Waals surface area contributed by atoms with E-state index in [0.717, 1.165) is 24.0 Å². The molecule has 1 heterocycles. The monoisotopic (exact) mass is 378 g/mol. The minimum absolute atomic E-state index is 0.00226. The Bertz CT molecular complexity index is 829. The van der Waals surface area contributed by atoms with Crippen LogP contribution in [0.1, 0.15) is 52.7 Å². The highest BCUT2D eigenvalue weighted by atomic mass is 16.2. The molecule has 1 aliphatic heterocycles. The largest absolute Gasteiger partial charge is 0.356 e. The van der Waals surface area contributed by atoms with E-state index in [0.29, 0.717) is 25.2 Å². The van der Waals surface area contributed by atoms with E-state index < -0.39 is 0 Å². The second kappa shape index (κ2) is 9.05. The van der Waals surface area contributed by atoms with Crippen LogP contribution in [0.25, 0.3) is 0 Å². The van der Waals surface area contributed by atoms with Gasteiger partial charge in [0.05, 0.1) is 5.92 Å². The highest BCUT2D eigenvalue weighted by molar-refractivity contribution is 5.95. The second-order valence-electron chi connectivity index (χ2n) is 7.79. The van der Waals surface area contributed by atoms with E-state index in [-0.39, 0.29) is 23.7 Å². The van der Waals surface area contributed by atoms with E-state index in [1.165, 1.54) is 5.56 Å². The Hall–Kier alpha value is -2.62. The topological polar surface area (TPSA) is 49.4 Å². The quantitative estimate of drug-likeness (QED) is 0.770. The number of nitrogens with zero attached hydrogens (tertiary/aromatic N) is 1. The van der Waals surface area contributed by atoms with Crippen molar-refractivity contribution < 1.29 is 9.59 Å². The van der Waals surface area contributed by atoms with Gasteiger partial charge >= 0.3 is 0 Å². The van der Waals surface area contributed by atoms with Gasteiger partial charge in [-0.3, -0.25) is 9.59 Å². The lowest BCUT2D eigenvalue weighted by Crippen LogP contribution is -2.36. The summed E-state index contributed by atoms with van der Waals surface area (Å²) in [7, 11) is 0. The van der Waals surface area contributed by atoms with E-state index in [4.69, 9.17) is 0 Å². The van der Waals surface area contributed by atoms with Crippen LogP contribution < -0.4 is 5.32 Å². The van der Waals surface area contributed by atoms with Gasteiger partial charge < -0.3 is 10.2 Å². The second-order valence-corrected chi connectivity index (χ2v) is 7.79. The highest BCUT2D eigenvalue weighted by Crippen LogP contribution is 2.35. The Balaban J connectivity index is 1.83. The molecule has 0 unspecified atom stereocenters. The molecule has 0 spiro atoms. The summed E-state index contributed by atoms with van der Waals surface area (Å²) in [5, 5.41) is 3.07. The Morgan fingerprint density at radius 2 is 1.75 bits per heavy atom. The molecule has 0 aromatic heterocycles. The van der Waals surface area contributed by atoms with Crippen LogP contribution >= 0.6 is 0 Å². The molecule has 1 N–H and O–H groups in total. The molecule has 1 fully saturated rings. The van der Waals surface area contributed by atoms with Crippen LogP contribution in [0.4, 0.5) is 0 Å². The lowest BCUT2D eigenvalue weighted by molar-refractivity contribution is -0.124. The van der Waals surface area contributed by atoms with Crippen LogP contribution in [0.15, 0.2) is 48.5 Å². The molecule has 0 radical (unpaired) electrons. The number of hydrogen-bond acceptors (Lipinski definition) is 2. The molecular formula is C24H30N2O2. The van der Waals surface area contributed by atoms with Crippen LogP contribution in [-0.2, 0) is 4.79 Å². The maximum absolute atomic E-state index is 13.0. The van der Waals surface area contributed by atoms with Crippen molar-refractivity contribution in [3.05, 3.63) is 70.8 Å². The molecule has 4 heteroatoms. The summed E-state index contributed by atoms with van der Waals surface area (Å²) in [5.41, 5.74) is 4.14. The van der Waals surface area contributed by atoms with Crippen molar-refractivity contribution in [3.8, 4) is 0 Å². The first-order valence-electron chi connectivity index (χ1n) is 10.2. The van der Waals surface area contributed by atoms with Crippen molar-refractivity contribution >= 4 is 11.8 Å². The third kappa shape index (κ3) is 4.44. The van der Waals surface area contributed by atoms with Crippen molar-refractivity contribution in [1.29, 1.82) is 0 Å². The first-order valence-corrected chi connectivity index (χ1v) is 10.2. The predicted molar refractivity (Wildman–Crippen MR) is 112 cm³/mol. The molecular weight excluding hydrogens is 348 g/mol. The van der Waals surface area contributed by atoms with Crippen LogP contribution in [0.2, 0.25) is 0 Å². The average molecular weight is 379 g/mol. The van der Waals surface area contributed by atoms with Gasteiger partial charge in [-0.25, -0.2) is 0 Å². The van der Waals surface area contributed by atoms with Gasteiger partial charge in [-0.05, 0) is 43.5 Å². The molecule has 2 amide bonds. The van der Waals surface area contributed by atoms with Crippen LogP contribution in [0, 0.1) is 19.8 Å². The third-order valence-electron chi connectivity index (χ3n) is 5.66. The van der Waals surface area contributed by atoms with Crippen LogP contribution in [0.5, 0.6) is 0 Å². The molecule has 28 heavy (non-hydrogen) atoms. The molecule has 0 aliphatic carbocycles. The van der Waals surface area contributed by atoms with E-state index in [2.05, 4.69) is 31.3 Å². The SMILES string of the molecule is CCCCNC(=O)[C@H]1CN(C(=O)c2ccc(C)cc2)C[C@@H]1c1ccccc1C. The number of amides is 2. The molecule has 4 nitrogen and oxygen atoms in total. The van der Waals surface area contributed by atoms with Crippen molar-refractivity contribution in [2.24, 2.45) is 5.92 Å². The first-order chi connectivity index (χ1) is 13.5. The van der Waals surface area contributed by atoms with Crippen LogP contribution in [-0.4, -0.2) is 36.3 Å². The first kappa shape index (κ1) is 20.1. The Morgan fingerprint density at radius 3 is 2.43 bits per heavy atom. The number of carbonyl (C=O) groups is 2. The lowest BCUT2D eigenvalue weighted by atomic mass is 9.86. The summed E-state index contributed by atoms with van der Waals surface area (Å²) in [6.07, 6.45) is 2.02. The van der Waals surface area contributed by atoms with Gasteiger partial charge in [0, 0.05) is 31.1 Å². The summed E-state index contributed by atoms with van der Waals surface area (Å²) in [6.45, 7) is 7.92. The Morgan fingerprint density at radius 1 is 1.04 bits per heavy atom. The Labute approximate surface area is 167 Å². The number of rotatable bonds is 6. The number of hydrogen-bond donors (Lipinski definition) is 1. The zero-order valence-electron chi connectivity index (χ0n) is 17.1. The standard InChI is InChI=1S/C24H30N2O2/c1-4-5-14-25-23(27)22-16-26(24(28)19-12-10-17(2)11-13-19)15-21(22)20-9-7-6-8-18(20)3/h6-13,21-22H,4-5,14-16H2,1-3H3,(H,25,27)/t21-,22+/m1/s1. The lowest BCUT2D eigenvalue weighted by Gasteiger charge is -2.20. The summed E-state index contributed by atoms with van der Waals surface area (Å²) in [6, 6.07) is 15.8. The molecule has 1 aliphatic rings. The van der Waals surface area contributed by atoms with Gasteiger partial charge in [-0.15, -0.1) is 0 Å². The molecule has 2 aromatic carbocycles. The molecule has 148 valence electrons. The predicted octanol–water partition coefficient (Wildman–Crippen LogP) is 4.08. The number of carbonyl (C=O) groups excluding carboxylic acids is 2. The van der Waals surface area contributed by atoms with Gasteiger partial charge in [-0.2, -0.15) is 0 Å². The van der Waals surface area contributed by atoms with E-state index in [9.17, 15) is 9.59 Å². The summed E-state index contributed by atoms with van der Waals surface area (Å²) in [5.74, 6) is -0.132. The zero-order valence-corrected chi connectivity index (χ0v) is 17.1. The number of unbranched alkanes of at least 4 members (excludes halogenated alkanes) is 1. The van der Waals surface area contributed by atoms with Crippen molar-refractivity contribution in [3.63, 3.8) is 0 Å². The fraction of sp³-hybridized carbons (Fsp3) is 0.417. The van der Waals surface area contributed by atoms with E-state index >= 15 is 0 Å². The summed E-state index contributed by atoms with van der Waals surface area (Å²) in [4.78, 5) is 27.8. The van der Waals surface area contributed by atoms with Gasteiger partial charge in [-0.1, -0.05) is 55.3 Å². The maximum atomic E-state index is 13.0. The molecule has 0 bridgehead atoms. The molecule has 1 saturated heterocycles. The van der Waals surface area contributed by atoms with Gasteiger partial charge in [0.2, 0.25) is 5.91 Å². The fourth-order valence-electron chi connectivity index (χ4n) is 3.95. The number of likely N-dealkylation sites (tertiary alicyclic amines) is 1. The minimum Gasteiger partial charge on any atom is -0.356 e. The van der Waals surface area contributed by atoms with Crippen molar-refractivity contribution in [1.82, 2.24) is 10.2 Å². The normalized spacial score (nSPS) is 18.9. The molecule has 3 rings (SSSR count). The number of nitrogens with one attached hydrogen (secondary N) is 1. The zero-order chi connectivity index (χ0) is 20.1. The van der Waals surface area contributed by atoms with Crippen molar-refractivity contribution in [2.45, 2.75) is 39.5 Å². The Kier molecular flexibility index (Phi) is 6.50. The molecule has 2 aromatic rings. The van der Waals surface area contributed by atoms with Gasteiger partial charge in [0.15, 0.2) is 0 Å². The van der Waals surface area contributed by atoms with Crippen LogP contribution in [0.3, 0.4) is 0 Å². The number of benzene rings is 2. The fourth-order valence-corrected chi connectivity index (χ4v) is 3.95. The van der Waals surface area contributed by atoms with E-state index in [1.54, 1.807) is 0 Å². The summed E-state index contributed by atoms with van der Waals surface area (Å²) < 4.78 is 0. The van der Waals surface area contributed by atoms with E-state index in [1.807, 2.05) is 48.2 Å². The minimum atomic E-state index is -0.215. The summed E-state index contributed by atoms with van der Waals surface area (Å²) >= 11 is 0. The van der Waals surface area contributed by atoms with Crippen molar-refractivity contribution in [2.75, 3.05) is 19.6 Å². The van der Waals surface area contributed by atoms with Gasteiger partial charge in [0.1, 0.15) is 0 Å². The van der Waals surface area contributed by atoms with Gasteiger partial charge in [0.25, 0.3) is 5.91 Å². The molecule has 0 saturated carbocycles. The highest BCUT2D eigenvalue weighted by Gasteiger charge is 2.40. The molecule has 2 atom stereocenters. The smallest absolute Gasteiger partial charge is 0.253 e. The maximum Gasteiger partial charge on any atom is 0.253 e. The number of aryl methyl sites for hydroxylation is 2. The third-order valence-corrected chi connectivity index (χ3v) is 5.66. The average Bonchev–Trinajstić information content (AvgIpc) is 3.14.